The largest absolute Gasteiger partial charge is 0.481 e. The number of aliphatic carboxylic acids is 1. The van der Waals surface area contributed by atoms with Crippen LogP contribution in [0.15, 0.2) is 36.4 Å². The molecule has 2 aromatic rings. The molecule has 2 unspecified atom stereocenters. The molecule has 1 heterocycles. The Morgan fingerprint density at radius 1 is 1.03 bits per heavy atom. The summed E-state index contributed by atoms with van der Waals surface area (Å²) in [6, 6.07) is 10.4. The average molecular weight is 472 g/mol. The minimum Gasteiger partial charge on any atom is -0.481 e. The van der Waals surface area contributed by atoms with Crippen LogP contribution in [0.5, 0.6) is 0 Å². The molecule has 0 saturated carbocycles. The molecule has 1 saturated heterocycles. The first kappa shape index (κ1) is 25.0. The second-order valence-electron chi connectivity index (χ2n) is 8.06. The number of carboxylic acids is 1. The quantitative estimate of drug-likeness (QED) is 0.298. The monoisotopic (exact) mass is 471 g/mol. The fourth-order valence-electron chi connectivity index (χ4n) is 4.24. The molecule has 182 valence electrons. The Bertz CT molecular complexity index is 1080. The Morgan fingerprint density at radius 2 is 1.68 bits per heavy atom. The van der Waals surface area contributed by atoms with Gasteiger partial charge in [0.15, 0.2) is 5.78 Å². The van der Waals surface area contributed by atoms with E-state index < -0.39 is 42.2 Å². The number of ketones is 1. The van der Waals surface area contributed by atoms with Gasteiger partial charge in [-0.15, -0.1) is 0 Å². The van der Waals surface area contributed by atoms with Gasteiger partial charge in [-0.2, -0.15) is 0 Å². The third kappa shape index (κ3) is 5.12. The number of hydrogen-bond acceptors (Lipinski definition) is 7. The van der Waals surface area contributed by atoms with Crippen LogP contribution < -0.4 is 5.73 Å². The van der Waals surface area contributed by atoms with Crippen molar-refractivity contribution < 1.29 is 34.1 Å². The van der Waals surface area contributed by atoms with E-state index in [1.165, 1.54) is 15.9 Å². The number of nitrogens with zero attached hydrogens (tertiary/aromatic N) is 2. The number of anilines is 1. The number of aliphatic hydroxyl groups excluding tert-OH is 1. The number of hydrogen-bond donors (Lipinski definition) is 3. The number of Topliss-reactive ketones (excluding diaryl/α,β-unsaturated/α-hetero) is 1. The SMILES string of the molecule is CCOC(=O)N1CCN(C(=O)C(C(=O)c2ccc3ccccc3c2N)C(CCO)C(=O)O)CC1. The highest BCUT2D eigenvalue weighted by Crippen LogP contribution is 2.31. The predicted octanol–water partition coefficient (Wildman–Crippen LogP) is 1.60. The van der Waals surface area contributed by atoms with E-state index in [0.717, 1.165) is 5.39 Å². The Morgan fingerprint density at radius 3 is 2.29 bits per heavy atom. The van der Waals surface area contributed by atoms with E-state index in [9.17, 15) is 29.4 Å². The van der Waals surface area contributed by atoms with E-state index in [4.69, 9.17) is 10.5 Å². The van der Waals surface area contributed by atoms with Gasteiger partial charge in [0.1, 0.15) is 5.92 Å². The summed E-state index contributed by atoms with van der Waals surface area (Å²) in [6.45, 7) is 2.06. The van der Waals surface area contributed by atoms with Gasteiger partial charge in [-0.05, 0) is 24.8 Å². The number of ether oxygens (including phenoxy) is 1. The van der Waals surface area contributed by atoms with E-state index in [1.807, 2.05) is 12.1 Å². The van der Waals surface area contributed by atoms with Crippen LogP contribution >= 0.6 is 0 Å². The molecule has 2 atom stereocenters. The zero-order valence-corrected chi connectivity index (χ0v) is 19.0. The maximum absolute atomic E-state index is 13.6. The Balaban J connectivity index is 1.92. The van der Waals surface area contributed by atoms with Gasteiger partial charge < -0.3 is 30.5 Å². The van der Waals surface area contributed by atoms with Crippen molar-refractivity contribution in [2.24, 2.45) is 11.8 Å². The first-order chi connectivity index (χ1) is 16.3. The second kappa shape index (κ2) is 11.0. The molecule has 1 aliphatic rings. The molecule has 10 heteroatoms. The number of rotatable bonds is 8. The molecule has 4 N–H and O–H groups in total. The molecular weight excluding hydrogens is 442 g/mol. The standard InChI is InChI=1S/C24H29N3O7/c1-2-34-24(33)27-12-10-26(11-13-27)22(30)19(17(9-14-28)23(31)32)21(29)18-8-7-15-5-3-4-6-16(15)20(18)25/h3-8,17,19,28H,2,9-14,25H2,1H3,(H,31,32). The van der Waals surface area contributed by atoms with Crippen molar-refractivity contribution in [2.75, 3.05) is 45.1 Å². The summed E-state index contributed by atoms with van der Waals surface area (Å²) < 4.78 is 4.98. The zero-order valence-electron chi connectivity index (χ0n) is 19.0. The lowest BCUT2D eigenvalue weighted by Gasteiger charge is -2.36. The lowest BCUT2D eigenvalue weighted by molar-refractivity contribution is -0.150. The minimum absolute atomic E-state index is 0.0615. The van der Waals surface area contributed by atoms with Crippen molar-refractivity contribution >= 4 is 40.2 Å². The normalized spacial score (nSPS) is 15.6. The van der Waals surface area contributed by atoms with E-state index in [1.54, 1.807) is 25.1 Å². The van der Waals surface area contributed by atoms with E-state index in [-0.39, 0.29) is 50.5 Å². The van der Waals surface area contributed by atoms with Crippen LogP contribution in [0.25, 0.3) is 10.8 Å². The highest BCUT2D eigenvalue weighted by Gasteiger charge is 2.43. The molecule has 0 spiro atoms. The minimum atomic E-state index is -1.57. The van der Waals surface area contributed by atoms with Crippen molar-refractivity contribution in [1.82, 2.24) is 9.80 Å². The highest BCUT2D eigenvalue weighted by atomic mass is 16.6. The average Bonchev–Trinajstić information content (AvgIpc) is 2.84. The second-order valence-corrected chi connectivity index (χ2v) is 8.06. The molecule has 3 rings (SSSR count). The van der Waals surface area contributed by atoms with Crippen molar-refractivity contribution in [3.63, 3.8) is 0 Å². The molecule has 0 aromatic heterocycles. The summed E-state index contributed by atoms with van der Waals surface area (Å²) in [5.74, 6) is -5.73. The number of carbonyl (C=O) groups is 4. The van der Waals surface area contributed by atoms with Gasteiger partial charge in [0.25, 0.3) is 0 Å². The summed E-state index contributed by atoms with van der Waals surface area (Å²) >= 11 is 0. The van der Waals surface area contributed by atoms with Crippen molar-refractivity contribution in [3.05, 3.63) is 42.0 Å². The van der Waals surface area contributed by atoms with Crippen LogP contribution in [0.2, 0.25) is 0 Å². The lowest BCUT2D eigenvalue weighted by Crippen LogP contribution is -2.54. The van der Waals surface area contributed by atoms with Gasteiger partial charge in [-0.1, -0.05) is 30.3 Å². The maximum Gasteiger partial charge on any atom is 0.409 e. The number of aliphatic hydroxyl groups is 1. The Kier molecular flexibility index (Phi) is 8.06. The Hall–Kier alpha value is -3.66. The van der Waals surface area contributed by atoms with Crippen LogP contribution in [0.3, 0.4) is 0 Å². The van der Waals surface area contributed by atoms with Crippen LogP contribution in [-0.2, 0) is 14.3 Å². The number of amides is 2. The molecule has 1 aliphatic heterocycles. The number of benzene rings is 2. The molecule has 0 bridgehead atoms. The van der Waals surface area contributed by atoms with Gasteiger partial charge in [-0.3, -0.25) is 14.4 Å². The van der Waals surface area contributed by atoms with Gasteiger partial charge in [-0.25, -0.2) is 4.79 Å². The summed E-state index contributed by atoms with van der Waals surface area (Å²) in [5, 5.41) is 20.7. The van der Waals surface area contributed by atoms with Crippen molar-refractivity contribution in [3.8, 4) is 0 Å². The number of carboxylic acid groups (broad SMARTS) is 1. The van der Waals surface area contributed by atoms with Crippen LogP contribution in [0, 0.1) is 11.8 Å². The lowest BCUT2D eigenvalue weighted by atomic mass is 9.81. The molecule has 34 heavy (non-hydrogen) atoms. The van der Waals surface area contributed by atoms with Crippen molar-refractivity contribution in [1.29, 1.82) is 0 Å². The summed E-state index contributed by atoms with van der Waals surface area (Å²) in [7, 11) is 0. The Labute approximate surface area is 196 Å². The molecule has 2 aromatic carbocycles. The van der Waals surface area contributed by atoms with E-state index in [0.29, 0.717) is 5.39 Å². The van der Waals surface area contributed by atoms with Gasteiger partial charge in [0.2, 0.25) is 5.91 Å². The molecule has 0 radical (unpaired) electrons. The predicted molar refractivity (Wildman–Crippen MR) is 124 cm³/mol. The molecule has 2 amide bonds. The van der Waals surface area contributed by atoms with E-state index in [2.05, 4.69) is 0 Å². The maximum atomic E-state index is 13.6. The molecule has 0 aliphatic carbocycles. The third-order valence-corrected chi connectivity index (χ3v) is 6.06. The smallest absolute Gasteiger partial charge is 0.409 e. The summed E-state index contributed by atoms with van der Waals surface area (Å²) in [5.41, 5.74) is 6.50. The van der Waals surface area contributed by atoms with Crippen LogP contribution in [0.1, 0.15) is 23.7 Å². The fraction of sp³-hybridized carbons (Fsp3) is 0.417. The zero-order chi connectivity index (χ0) is 24.8. The number of piperazine rings is 1. The topological polar surface area (TPSA) is 150 Å². The van der Waals surface area contributed by atoms with Crippen LogP contribution in [0.4, 0.5) is 10.5 Å². The highest BCUT2D eigenvalue weighted by molar-refractivity contribution is 6.17. The number of nitrogens with two attached hydrogens (primary N) is 1. The van der Waals surface area contributed by atoms with Crippen molar-refractivity contribution in [2.45, 2.75) is 13.3 Å². The molecular formula is C24H29N3O7. The van der Waals surface area contributed by atoms with E-state index >= 15 is 0 Å². The van der Waals surface area contributed by atoms with Gasteiger partial charge in [0, 0.05) is 43.7 Å². The van der Waals surface area contributed by atoms with Crippen LogP contribution in [-0.4, -0.2) is 83.2 Å². The molecule has 10 nitrogen and oxygen atoms in total. The number of nitrogen functional groups attached to an aromatic ring is 1. The number of fused-ring (bicyclic) bond motifs is 1. The third-order valence-electron chi connectivity index (χ3n) is 6.06. The first-order valence-electron chi connectivity index (χ1n) is 11.2. The summed E-state index contributed by atoms with van der Waals surface area (Å²) in [6.07, 6.45) is -0.761. The summed E-state index contributed by atoms with van der Waals surface area (Å²) in [4.78, 5) is 53.9. The number of carbonyl (C=O) groups excluding carboxylic acids is 3. The van der Waals surface area contributed by atoms with Gasteiger partial charge in [0.05, 0.1) is 18.2 Å². The van der Waals surface area contributed by atoms with Gasteiger partial charge >= 0.3 is 12.1 Å². The molecule has 1 fully saturated rings. The first-order valence-corrected chi connectivity index (χ1v) is 11.2. The fourth-order valence-corrected chi connectivity index (χ4v) is 4.24.